The summed E-state index contributed by atoms with van der Waals surface area (Å²) in [4.78, 5) is 11.8. The highest BCUT2D eigenvalue weighted by Crippen LogP contribution is 2.47. The molecule has 4 atom stereocenters. The summed E-state index contributed by atoms with van der Waals surface area (Å²) in [5.41, 5.74) is 0. The van der Waals surface area contributed by atoms with Crippen LogP contribution in [0, 0.1) is 29.6 Å². The number of hydrogen-bond acceptors (Lipinski definition) is 1. The number of rotatable bonds is 7. The lowest BCUT2D eigenvalue weighted by Gasteiger charge is -2.44. The fourth-order valence-corrected chi connectivity index (χ4v) is 5.14. The second kappa shape index (κ2) is 7.84. The molecule has 0 radical (unpaired) electrons. The molecule has 1 N–H and O–H groups in total. The first-order chi connectivity index (χ1) is 10.8. The minimum atomic E-state index is 0.330. The number of carbonyl (C=O) groups is 1. The van der Waals surface area contributed by atoms with Gasteiger partial charge in [-0.3, -0.25) is 4.79 Å². The number of amides is 1. The molecule has 1 amide bonds. The Kier molecular flexibility index (Phi) is 5.82. The van der Waals surface area contributed by atoms with Crippen molar-refractivity contribution >= 4 is 5.91 Å². The summed E-state index contributed by atoms with van der Waals surface area (Å²) < 4.78 is 0. The number of carbonyl (C=O) groups excluding carboxylic acids is 1. The molecule has 126 valence electrons. The fourth-order valence-electron chi connectivity index (χ4n) is 5.14. The molecule has 0 aromatic rings. The van der Waals surface area contributed by atoms with Gasteiger partial charge in [0.05, 0.1) is 0 Å². The Bertz CT molecular complexity index is 363. The monoisotopic (exact) mass is 305 g/mol. The summed E-state index contributed by atoms with van der Waals surface area (Å²) in [6.07, 6.45) is 16.5. The smallest absolute Gasteiger partial charge is 0.223 e. The summed E-state index contributed by atoms with van der Waals surface area (Å²) in [5, 5.41) is 3.19. The zero-order valence-electron chi connectivity index (χ0n) is 14.5. The average Bonchev–Trinajstić information content (AvgIpc) is 3.38. The van der Waals surface area contributed by atoms with Gasteiger partial charge in [-0.25, -0.2) is 0 Å². The first-order valence-corrected chi connectivity index (χ1v) is 10.1. The van der Waals surface area contributed by atoms with E-state index in [0.29, 0.717) is 11.8 Å². The Morgan fingerprint density at radius 2 is 1.91 bits per heavy atom. The number of hydrogen-bond donors (Lipinski definition) is 1. The van der Waals surface area contributed by atoms with Gasteiger partial charge in [0.25, 0.3) is 0 Å². The summed E-state index contributed by atoms with van der Waals surface area (Å²) in [6.45, 7) is 3.25. The van der Waals surface area contributed by atoms with Crippen molar-refractivity contribution in [2.45, 2.75) is 84.0 Å². The molecule has 0 heterocycles. The van der Waals surface area contributed by atoms with E-state index in [1.165, 1.54) is 64.2 Å². The third-order valence-corrected chi connectivity index (χ3v) is 6.64. The third-order valence-electron chi connectivity index (χ3n) is 6.64. The molecule has 3 saturated carbocycles. The lowest BCUT2D eigenvalue weighted by atomic mass is 9.61. The first-order valence-electron chi connectivity index (χ1n) is 10.1. The molecule has 0 aliphatic heterocycles. The Labute approximate surface area is 136 Å². The number of unbranched alkanes of at least 4 members (excludes halogenated alkanes) is 1. The van der Waals surface area contributed by atoms with Crippen molar-refractivity contribution < 1.29 is 4.79 Å². The van der Waals surface area contributed by atoms with Crippen LogP contribution in [0.5, 0.6) is 0 Å². The third kappa shape index (κ3) is 4.26. The van der Waals surface area contributed by atoms with Crippen LogP contribution < -0.4 is 5.32 Å². The van der Waals surface area contributed by atoms with Crippen LogP contribution in [0.2, 0.25) is 0 Å². The van der Waals surface area contributed by atoms with Crippen molar-refractivity contribution in [3.05, 3.63) is 0 Å². The first kappa shape index (κ1) is 16.3. The zero-order valence-corrected chi connectivity index (χ0v) is 14.5. The zero-order chi connectivity index (χ0) is 15.4. The van der Waals surface area contributed by atoms with E-state index < -0.39 is 0 Å². The standard InChI is InChI=1S/C20H35NO/c1-2-3-5-15-8-9-16-6-4-7-17(19(16)14-15)12-13-21-20(22)18-10-11-18/h15-19H,2-14H2,1H3,(H,21,22). The molecule has 3 rings (SSSR count). The van der Waals surface area contributed by atoms with E-state index >= 15 is 0 Å². The largest absolute Gasteiger partial charge is 0.356 e. The SMILES string of the molecule is CCCCC1CCC2CCCC(CCNC(=O)C3CC3)C2C1. The minimum absolute atomic E-state index is 0.330. The lowest BCUT2D eigenvalue weighted by Crippen LogP contribution is -2.36. The van der Waals surface area contributed by atoms with Crippen molar-refractivity contribution in [1.82, 2.24) is 5.32 Å². The van der Waals surface area contributed by atoms with Crippen LogP contribution in [-0.2, 0) is 4.79 Å². The van der Waals surface area contributed by atoms with Crippen molar-refractivity contribution in [3.8, 4) is 0 Å². The summed E-state index contributed by atoms with van der Waals surface area (Å²) in [7, 11) is 0. The molecule has 3 fully saturated rings. The molecule has 3 aliphatic rings. The van der Waals surface area contributed by atoms with Gasteiger partial charge in [0.15, 0.2) is 0 Å². The van der Waals surface area contributed by atoms with Gasteiger partial charge in [-0.05, 0) is 55.8 Å². The second-order valence-electron chi connectivity index (χ2n) is 8.29. The van der Waals surface area contributed by atoms with Crippen LogP contribution in [0.15, 0.2) is 0 Å². The Morgan fingerprint density at radius 1 is 1.05 bits per heavy atom. The van der Waals surface area contributed by atoms with Crippen LogP contribution in [0.4, 0.5) is 0 Å². The maximum Gasteiger partial charge on any atom is 0.223 e. The topological polar surface area (TPSA) is 29.1 Å². The Balaban J connectivity index is 1.45. The molecule has 3 aliphatic carbocycles. The van der Waals surface area contributed by atoms with E-state index in [2.05, 4.69) is 12.2 Å². The van der Waals surface area contributed by atoms with Gasteiger partial charge < -0.3 is 5.32 Å². The second-order valence-corrected chi connectivity index (χ2v) is 8.29. The predicted octanol–water partition coefficient (Wildman–Crippen LogP) is 4.93. The molecule has 22 heavy (non-hydrogen) atoms. The van der Waals surface area contributed by atoms with Crippen molar-refractivity contribution in [2.24, 2.45) is 29.6 Å². The van der Waals surface area contributed by atoms with Crippen LogP contribution in [-0.4, -0.2) is 12.5 Å². The quantitative estimate of drug-likeness (QED) is 0.710. The number of nitrogens with one attached hydrogen (secondary N) is 1. The van der Waals surface area contributed by atoms with Crippen LogP contribution in [0.3, 0.4) is 0 Å². The molecular weight excluding hydrogens is 270 g/mol. The molecule has 4 unspecified atom stereocenters. The summed E-state index contributed by atoms with van der Waals surface area (Å²) in [5.74, 6) is 4.58. The molecule has 2 nitrogen and oxygen atoms in total. The highest BCUT2D eigenvalue weighted by atomic mass is 16.2. The van der Waals surface area contributed by atoms with Gasteiger partial charge in [-0.2, -0.15) is 0 Å². The highest BCUT2D eigenvalue weighted by molar-refractivity contribution is 5.80. The normalized spacial score (nSPS) is 35.0. The molecule has 2 heteroatoms. The van der Waals surface area contributed by atoms with E-state index in [1.54, 1.807) is 0 Å². The van der Waals surface area contributed by atoms with Gasteiger partial charge in [0.2, 0.25) is 5.91 Å². The van der Waals surface area contributed by atoms with E-state index in [0.717, 1.165) is 43.1 Å². The maximum atomic E-state index is 11.8. The summed E-state index contributed by atoms with van der Waals surface area (Å²) >= 11 is 0. The fraction of sp³-hybridized carbons (Fsp3) is 0.950. The van der Waals surface area contributed by atoms with Crippen LogP contribution in [0.1, 0.15) is 84.0 Å². The van der Waals surface area contributed by atoms with Crippen LogP contribution in [0.25, 0.3) is 0 Å². The summed E-state index contributed by atoms with van der Waals surface area (Å²) in [6, 6.07) is 0. The van der Waals surface area contributed by atoms with Crippen molar-refractivity contribution in [3.63, 3.8) is 0 Å². The average molecular weight is 306 g/mol. The molecule has 0 spiro atoms. The highest BCUT2D eigenvalue weighted by Gasteiger charge is 2.37. The van der Waals surface area contributed by atoms with Crippen molar-refractivity contribution in [2.75, 3.05) is 6.54 Å². The van der Waals surface area contributed by atoms with E-state index in [9.17, 15) is 4.79 Å². The predicted molar refractivity (Wildman–Crippen MR) is 91.5 cm³/mol. The van der Waals surface area contributed by atoms with E-state index in [4.69, 9.17) is 0 Å². The molecule has 0 bridgehead atoms. The minimum Gasteiger partial charge on any atom is -0.356 e. The molecule has 0 aromatic heterocycles. The van der Waals surface area contributed by atoms with Gasteiger partial charge in [0.1, 0.15) is 0 Å². The Hall–Kier alpha value is -0.530. The van der Waals surface area contributed by atoms with E-state index in [-0.39, 0.29) is 0 Å². The van der Waals surface area contributed by atoms with Crippen LogP contribution >= 0.6 is 0 Å². The van der Waals surface area contributed by atoms with Gasteiger partial charge in [0, 0.05) is 12.5 Å². The van der Waals surface area contributed by atoms with Gasteiger partial charge in [-0.1, -0.05) is 51.9 Å². The molecular formula is C20H35NO. The molecule has 0 aromatic carbocycles. The number of fused-ring (bicyclic) bond motifs is 1. The lowest BCUT2D eigenvalue weighted by molar-refractivity contribution is -0.122. The molecule has 0 saturated heterocycles. The van der Waals surface area contributed by atoms with E-state index in [1.807, 2.05) is 0 Å². The van der Waals surface area contributed by atoms with Crippen molar-refractivity contribution in [1.29, 1.82) is 0 Å². The maximum absolute atomic E-state index is 11.8. The van der Waals surface area contributed by atoms with Gasteiger partial charge in [-0.15, -0.1) is 0 Å². The van der Waals surface area contributed by atoms with Gasteiger partial charge >= 0.3 is 0 Å². The Morgan fingerprint density at radius 3 is 2.68 bits per heavy atom.